The number of nitrogens with zero attached hydrogens (tertiary/aromatic N) is 3. The molecule has 0 bridgehead atoms. The van der Waals surface area contributed by atoms with Crippen LogP contribution in [-0.4, -0.2) is 40.0 Å². The molecule has 2 aromatic rings. The van der Waals surface area contributed by atoms with E-state index in [1.165, 1.54) is 11.1 Å². The highest BCUT2D eigenvalue weighted by Crippen LogP contribution is 2.48. The summed E-state index contributed by atoms with van der Waals surface area (Å²) in [7, 11) is 0. The number of aromatic nitrogens is 2. The van der Waals surface area contributed by atoms with Crippen molar-refractivity contribution in [2.24, 2.45) is 0 Å². The number of benzene rings is 1. The molecule has 2 aliphatic heterocycles. The fourth-order valence-corrected chi connectivity index (χ4v) is 5.76. The number of ether oxygens (including phenoxy) is 1. The first-order valence-corrected chi connectivity index (χ1v) is 11.8. The van der Waals surface area contributed by atoms with Gasteiger partial charge in [-0.25, -0.2) is 9.97 Å². The van der Waals surface area contributed by atoms with Crippen LogP contribution in [0, 0.1) is 0 Å². The van der Waals surface area contributed by atoms with E-state index in [2.05, 4.69) is 11.0 Å². The molecule has 1 unspecified atom stereocenters. The molecule has 1 aromatic heterocycles. The van der Waals surface area contributed by atoms with E-state index in [1.807, 2.05) is 25.3 Å². The van der Waals surface area contributed by atoms with Crippen LogP contribution in [-0.2, 0) is 29.8 Å². The van der Waals surface area contributed by atoms with Gasteiger partial charge >= 0.3 is 0 Å². The van der Waals surface area contributed by atoms with Gasteiger partial charge < -0.3 is 14.7 Å². The molecule has 0 radical (unpaired) electrons. The number of aliphatic hydroxyl groups is 1. The van der Waals surface area contributed by atoms with Crippen LogP contribution in [0.25, 0.3) is 0 Å². The molecule has 1 aliphatic carbocycles. The quantitative estimate of drug-likeness (QED) is 0.570. The Morgan fingerprint density at radius 1 is 1.24 bits per heavy atom. The third-order valence-corrected chi connectivity index (χ3v) is 7.44. The zero-order chi connectivity index (χ0) is 20.2. The largest absolute Gasteiger partial charge is 0.388 e. The van der Waals surface area contributed by atoms with Crippen LogP contribution in [0.5, 0.6) is 0 Å². The Morgan fingerprint density at radius 3 is 2.90 bits per heavy atom. The Balaban J connectivity index is 1.55. The summed E-state index contributed by atoms with van der Waals surface area (Å²) in [6.45, 7) is 3.89. The average molecular weight is 432 g/mol. The van der Waals surface area contributed by atoms with E-state index < -0.39 is 5.60 Å². The SMILES string of the molecule is CSc1nc2c(c(N3CCC[C@@](C)(O)C3)n1)COC1(CCc3c(Cl)cccc31)C2. The van der Waals surface area contributed by atoms with Crippen molar-refractivity contribution in [2.45, 2.75) is 62.0 Å². The molecule has 5 rings (SSSR count). The molecule has 5 nitrogen and oxygen atoms in total. The highest BCUT2D eigenvalue weighted by atomic mass is 35.5. The summed E-state index contributed by atoms with van der Waals surface area (Å²) in [6.07, 6.45) is 6.39. The molecular weight excluding hydrogens is 406 g/mol. The normalized spacial score (nSPS) is 28.5. The minimum Gasteiger partial charge on any atom is -0.388 e. The highest BCUT2D eigenvalue weighted by Gasteiger charge is 2.45. The molecule has 1 aromatic carbocycles. The molecular formula is C22H26ClN3O2S. The lowest BCUT2D eigenvalue weighted by atomic mass is 9.86. The van der Waals surface area contributed by atoms with E-state index in [9.17, 15) is 5.11 Å². The molecule has 3 aliphatic rings. The number of hydrogen-bond donors (Lipinski definition) is 1. The number of halogens is 1. The summed E-state index contributed by atoms with van der Waals surface area (Å²) >= 11 is 8.02. The molecule has 1 spiro atoms. The Bertz CT molecular complexity index is 967. The van der Waals surface area contributed by atoms with Crippen LogP contribution in [0.1, 0.15) is 48.6 Å². The maximum Gasteiger partial charge on any atom is 0.189 e. The van der Waals surface area contributed by atoms with Gasteiger partial charge in [-0.15, -0.1) is 0 Å². The lowest BCUT2D eigenvalue weighted by Gasteiger charge is -2.41. The van der Waals surface area contributed by atoms with Gasteiger partial charge in [0, 0.05) is 30.1 Å². The van der Waals surface area contributed by atoms with Gasteiger partial charge in [0.05, 0.1) is 23.5 Å². The molecule has 2 atom stereocenters. The number of thioether (sulfide) groups is 1. The lowest BCUT2D eigenvalue weighted by molar-refractivity contribution is -0.0731. The first-order chi connectivity index (χ1) is 13.9. The smallest absolute Gasteiger partial charge is 0.189 e. The molecule has 1 saturated heterocycles. The number of fused-ring (bicyclic) bond motifs is 3. The van der Waals surface area contributed by atoms with E-state index in [-0.39, 0.29) is 5.60 Å². The van der Waals surface area contributed by atoms with Crippen LogP contribution in [0.2, 0.25) is 5.02 Å². The predicted octanol–water partition coefficient (Wildman–Crippen LogP) is 4.12. The predicted molar refractivity (Wildman–Crippen MR) is 116 cm³/mol. The summed E-state index contributed by atoms with van der Waals surface area (Å²) in [6, 6.07) is 6.13. The standard InChI is InChI=1S/C22H26ClN3O2S/c1-21(27)8-4-10-26(13-21)19-15-12-28-22(11-18(15)24-20(25-19)29-2)9-7-14-16(22)5-3-6-17(14)23/h3,5-6,27H,4,7-13H2,1-2H3/t21-,22?/m1/s1. The molecule has 0 saturated carbocycles. The van der Waals surface area contributed by atoms with Crippen molar-refractivity contribution in [1.82, 2.24) is 9.97 Å². The maximum atomic E-state index is 10.6. The van der Waals surface area contributed by atoms with Gasteiger partial charge in [0.1, 0.15) is 5.82 Å². The first kappa shape index (κ1) is 19.6. The van der Waals surface area contributed by atoms with Crippen molar-refractivity contribution >= 4 is 29.2 Å². The van der Waals surface area contributed by atoms with Crippen molar-refractivity contribution in [3.63, 3.8) is 0 Å². The van der Waals surface area contributed by atoms with Gasteiger partial charge in [-0.1, -0.05) is 35.5 Å². The zero-order valence-corrected chi connectivity index (χ0v) is 18.4. The van der Waals surface area contributed by atoms with Crippen LogP contribution in [0.4, 0.5) is 5.82 Å². The number of anilines is 1. The van der Waals surface area contributed by atoms with Crippen molar-refractivity contribution in [3.05, 3.63) is 45.6 Å². The Hall–Kier alpha value is -1.34. The van der Waals surface area contributed by atoms with Crippen molar-refractivity contribution in [2.75, 3.05) is 24.2 Å². The summed E-state index contributed by atoms with van der Waals surface area (Å²) in [5, 5.41) is 12.2. The third-order valence-electron chi connectivity index (χ3n) is 6.54. The molecule has 154 valence electrons. The molecule has 29 heavy (non-hydrogen) atoms. The second-order valence-corrected chi connectivity index (χ2v) is 9.89. The summed E-state index contributed by atoms with van der Waals surface area (Å²) in [5.41, 5.74) is 3.53. The first-order valence-electron chi connectivity index (χ1n) is 10.2. The molecule has 0 amide bonds. The molecule has 7 heteroatoms. The summed E-state index contributed by atoms with van der Waals surface area (Å²) < 4.78 is 6.56. The average Bonchev–Trinajstić information content (AvgIpc) is 3.05. The Morgan fingerprint density at radius 2 is 2.10 bits per heavy atom. The van der Waals surface area contributed by atoms with E-state index in [4.69, 9.17) is 26.3 Å². The Labute approximate surface area is 180 Å². The van der Waals surface area contributed by atoms with Gasteiger partial charge in [0.15, 0.2) is 5.16 Å². The highest BCUT2D eigenvalue weighted by molar-refractivity contribution is 7.98. The van der Waals surface area contributed by atoms with Crippen LogP contribution < -0.4 is 4.90 Å². The van der Waals surface area contributed by atoms with E-state index in [0.717, 1.165) is 65.9 Å². The van der Waals surface area contributed by atoms with Crippen molar-refractivity contribution in [3.8, 4) is 0 Å². The van der Waals surface area contributed by atoms with Gasteiger partial charge in [-0.3, -0.25) is 0 Å². The Kier molecular flexibility index (Phi) is 4.81. The van der Waals surface area contributed by atoms with Crippen LogP contribution in [0.15, 0.2) is 23.4 Å². The van der Waals surface area contributed by atoms with Crippen molar-refractivity contribution < 1.29 is 9.84 Å². The zero-order valence-electron chi connectivity index (χ0n) is 16.9. The van der Waals surface area contributed by atoms with Crippen molar-refractivity contribution in [1.29, 1.82) is 0 Å². The van der Waals surface area contributed by atoms with Gasteiger partial charge in [-0.05, 0) is 56.1 Å². The fraction of sp³-hybridized carbons (Fsp3) is 0.545. The van der Waals surface area contributed by atoms with E-state index >= 15 is 0 Å². The monoisotopic (exact) mass is 431 g/mol. The molecule has 1 N–H and O–H groups in total. The van der Waals surface area contributed by atoms with E-state index in [0.29, 0.717) is 13.2 Å². The number of rotatable bonds is 2. The molecule has 3 heterocycles. The second kappa shape index (κ2) is 7.12. The summed E-state index contributed by atoms with van der Waals surface area (Å²) in [5.74, 6) is 0.929. The minimum atomic E-state index is -0.687. The van der Waals surface area contributed by atoms with Gasteiger partial charge in [0.25, 0.3) is 0 Å². The summed E-state index contributed by atoms with van der Waals surface area (Å²) in [4.78, 5) is 11.9. The number of β-amino-alcohol motifs (C(OH)–C–C–N with tert-alkyl or cyclic N) is 1. The second-order valence-electron chi connectivity index (χ2n) is 8.71. The topological polar surface area (TPSA) is 58.5 Å². The lowest BCUT2D eigenvalue weighted by Crippen LogP contribution is -2.47. The maximum absolute atomic E-state index is 10.6. The molecule has 1 fully saturated rings. The number of piperidine rings is 1. The van der Waals surface area contributed by atoms with Crippen LogP contribution in [0.3, 0.4) is 0 Å². The number of hydrogen-bond acceptors (Lipinski definition) is 6. The fourth-order valence-electron chi connectivity index (χ4n) is 5.11. The van der Waals surface area contributed by atoms with E-state index in [1.54, 1.807) is 11.8 Å². The van der Waals surface area contributed by atoms with Crippen LogP contribution >= 0.6 is 23.4 Å². The van der Waals surface area contributed by atoms with Gasteiger partial charge in [0.2, 0.25) is 0 Å². The van der Waals surface area contributed by atoms with Gasteiger partial charge in [-0.2, -0.15) is 0 Å². The minimum absolute atomic E-state index is 0.345. The third kappa shape index (κ3) is 3.34.